The molecule has 3 N–H and O–H groups in total. The largest absolute Gasteiger partial charge is 0.490 e. The molecule has 6 nitrogen and oxygen atoms in total. The van der Waals surface area contributed by atoms with E-state index in [2.05, 4.69) is 57.1 Å². The van der Waals surface area contributed by atoms with E-state index in [1.165, 1.54) is 53.3 Å². The van der Waals surface area contributed by atoms with Gasteiger partial charge in [0.15, 0.2) is 0 Å². The van der Waals surface area contributed by atoms with Crippen molar-refractivity contribution in [2.24, 2.45) is 0 Å². The quantitative estimate of drug-likeness (QED) is 0.426. The second kappa shape index (κ2) is 10.5. The molecule has 0 aliphatic carbocycles. The summed E-state index contributed by atoms with van der Waals surface area (Å²) in [6.07, 6.45) is 10.5. The number of benzene rings is 1. The van der Waals surface area contributed by atoms with Gasteiger partial charge in [0.1, 0.15) is 0 Å². The van der Waals surface area contributed by atoms with Gasteiger partial charge in [0, 0.05) is 71.4 Å². The van der Waals surface area contributed by atoms with Crippen molar-refractivity contribution < 1.29 is 10.0 Å². The Bertz CT molecular complexity index is 1120. The van der Waals surface area contributed by atoms with E-state index in [1.807, 2.05) is 18.5 Å². The maximum absolute atomic E-state index is 8.54. The van der Waals surface area contributed by atoms with Crippen LogP contribution in [-0.2, 0) is 6.42 Å². The Morgan fingerprint density at radius 2 is 1.84 bits per heavy atom. The summed E-state index contributed by atoms with van der Waals surface area (Å²) in [5.41, 5.74) is 5.37. The average Bonchev–Trinajstić information content (AvgIpc) is 3.44. The molecule has 1 aliphatic rings. The van der Waals surface area contributed by atoms with Crippen molar-refractivity contribution in [1.29, 1.82) is 0 Å². The number of fused-ring (bicyclic) bond motifs is 1. The summed E-state index contributed by atoms with van der Waals surface area (Å²) in [7, 11) is -1.40. The van der Waals surface area contributed by atoms with Crippen LogP contribution in [0.5, 0.6) is 0 Å². The first-order chi connectivity index (χ1) is 15.6. The minimum absolute atomic E-state index is 0.414. The van der Waals surface area contributed by atoms with E-state index in [9.17, 15) is 0 Å². The van der Waals surface area contributed by atoms with Crippen molar-refractivity contribution in [2.45, 2.75) is 32.2 Å². The number of nitrogens with zero attached hydrogens (tertiary/aromatic N) is 3. The molecule has 0 amide bonds. The van der Waals surface area contributed by atoms with E-state index < -0.39 is 7.12 Å². The first-order valence-corrected chi connectivity index (χ1v) is 11.1. The molecule has 32 heavy (non-hydrogen) atoms. The Labute approximate surface area is 189 Å². The summed E-state index contributed by atoms with van der Waals surface area (Å²) in [5, 5.41) is 18.4. The summed E-state index contributed by atoms with van der Waals surface area (Å²) < 4.78 is 0. The third-order valence-corrected chi connectivity index (χ3v) is 6.01. The Balaban J connectivity index is 0.000000230. The van der Waals surface area contributed by atoms with E-state index in [0.717, 1.165) is 19.0 Å². The normalized spacial score (nSPS) is 16.0. The number of H-pyrrole nitrogens is 1. The summed E-state index contributed by atoms with van der Waals surface area (Å²) >= 11 is 0. The number of rotatable bonds is 5. The van der Waals surface area contributed by atoms with Gasteiger partial charge in [-0.1, -0.05) is 18.2 Å². The number of nitrogens with one attached hydrogen (secondary N) is 1. The van der Waals surface area contributed by atoms with Gasteiger partial charge in [0.25, 0.3) is 0 Å². The standard InChI is InChI=1S/C20H23N3.C5H6BNO2/c1-15-4-3-10-23(15)11-8-19-13-18-12-16(6-7-20(18)22-19)17-5-2-9-21-14-17;8-6(9)5-2-1-3-7-4-5/h2,5-7,9,12-15,22H,3-4,8,10-11H2,1H3;1-4,8-9H/t15-;/m1./s1. The molecule has 0 bridgehead atoms. The first-order valence-electron chi connectivity index (χ1n) is 11.1. The predicted molar refractivity (Wildman–Crippen MR) is 130 cm³/mol. The molecule has 0 spiro atoms. The molecule has 1 saturated heterocycles. The van der Waals surface area contributed by atoms with Gasteiger partial charge in [0.2, 0.25) is 0 Å². The van der Waals surface area contributed by atoms with Gasteiger partial charge in [-0.3, -0.25) is 9.97 Å². The molecule has 1 fully saturated rings. The molecular weight excluding hydrogens is 399 g/mol. The fourth-order valence-electron chi connectivity index (χ4n) is 4.16. The summed E-state index contributed by atoms with van der Waals surface area (Å²) in [6.45, 7) is 4.76. The average molecular weight is 428 g/mol. The first kappa shape index (κ1) is 22.2. The highest BCUT2D eigenvalue weighted by Gasteiger charge is 2.19. The zero-order valence-electron chi connectivity index (χ0n) is 18.4. The lowest BCUT2D eigenvalue weighted by Crippen LogP contribution is -2.29. The minimum atomic E-state index is -1.40. The van der Waals surface area contributed by atoms with Gasteiger partial charge in [-0.25, -0.2) is 0 Å². The summed E-state index contributed by atoms with van der Waals surface area (Å²) in [4.78, 5) is 14.1. The van der Waals surface area contributed by atoms with Crippen molar-refractivity contribution in [3.05, 3.63) is 79.0 Å². The Hall–Kier alpha value is -3.00. The minimum Gasteiger partial charge on any atom is -0.423 e. The summed E-state index contributed by atoms with van der Waals surface area (Å²) in [5.74, 6) is 0. The molecular formula is C25H29BN4O2. The fraction of sp³-hybridized carbons (Fsp3) is 0.280. The molecule has 7 heteroatoms. The van der Waals surface area contributed by atoms with Crippen LogP contribution in [0, 0.1) is 0 Å². The second-order valence-corrected chi connectivity index (χ2v) is 8.28. The molecule has 0 saturated carbocycles. The zero-order valence-corrected chi connectivity index (χ0v) is 18.4. The van der Waals surface area contributed by atoms with Crippen molar-refractivity contribution in [3.63, 3.8) is 0 Å². The zero-order chi connectivity index (χ0) is 22.3. The molecule has 0 radical (unpaired) electrons. The molecule has 1 aliphatic heterocycles. The molecule has 5 rings (SSSR count). The smallest absolute Gasteiger partial charge is 0.423 e. The molecule has 0 unspecified atom stereocenters. The van der Waals surface area contributed by atoms with Crippen LogP contribution in [0.25, 0.3) is 22.0 Å². The van der Waals surface area contributed by atoms with Crippen LogP contribution in [-0.4, -0.2) is 56.1 Å². The lowest BCUT2D eigenvalue weighted by atomic mass is 9.82. The van der Waals surface area contributed by atoms with Crippen molar-refractivity contribution in [1.82, 2.24) is 19.9 Å². The monoisotopic (exact) mass is 428 g/mol. The lowest BCUT2D eigenvalue weighted by molar-refractivity contribution is 0.271. The van der Waals surface area contributed by atoms with Gasteiger partial charge in [-0.2, -0.15) is 0 Å². The topological polar surface area (TPSA) is 85.3 Å². The van der Waals surface area contributed by atoms with Crippen molar-refractivity contribution in [3.8, 4) is 11.1 Å². The van der Waals surface area contributed by atoms with Crippen molar-refractivity contribution >= 4 is 23.5 Å². The third-order valence-electron chi connectivity index (χ3n) is 6.01. The van der Waals surface area contributed by atoms with Gasteiger partial charge in [-0.05, 0) is 62.2 Å². The van der Waals surface area contributed by atoms with E-state index >= 15 is 0 Å². The van der Waals surface area contributed by atoms with Crippen LogP contribution in [0.15, 0.2) is 73.3 Å². The molecule has 3 aromatic heterocycles. The molecule has 1 atom stereocenters. The number of aromatic nitrogens is 3. The second-order valence-electron chi connectivity index (χ2n) is 8.28. The fourth-order valence-corrected chi connectivity index (χ4v) is 4.16. The van der Waals surface area contributed by atoms with Crippen LogP contribution in [0.3, 0.4) is 0 Å². The van der Waals surface area contributed by atoms with E-state index in [0.29, 0.717) is 5.46 Å². The molecule has 1 aromatic carbocycles. The lowest BCUT2D eigenvalue weighted by Gasteiger charge is -2.20. The van der Waals surface area contributed by atoms with E-state index in [1.54, 1.807) is 18.3 Å². The number of pyridine rings is 2. The van der Waals surface area contributed by atoms with Gasteiger partial charge >= 0.3 is 7.12 Å². The van der Waals surface area contributed by atoms with Crippen molar-refractivity contribution in [2.75, 3.05) is 13.1 Å². The highest BCUT2D eigenvalue weighted by Crippen LogP contribution is 2.25. The van der Waals surface area contributed by atoms with Gasteiger partial charge < -0.3 is 19.9 Å². The Morgan fingerprint density at radius 3 is 2.47 bits per heavy atom. The highest BCUT2D eigenvalue weighted by molar-refractivity contribution is 6.58. The van der Waals surface area contributed by atoms with Crippen LogP contribution in [0.1, 0.15) is 25.5 Å². The Kier molecular flexibility index (Phi) is 7.32. The van der Waals surface area contributed by atoms with Crippen LogP contribution in [0.2, 0.25) is 0 Å². The van der Waals surface area contributed by atoms with Crippen LogP contribution >= 0.6 is 0 Å². The molecule has 164 valence electrons. The third kappa shape index (κ3) is 5.62. The number of likely N-dealkylation sites (tertiary alicyclic amines) is 1. The maximum atomic E-state index is 8.54. The number of hydrogen-bond acceptors (Lipinski definition) is 5. The van der Waals surface area contributed by atoms with Crippen LogP contribution < -0.4 is 5.46 Å². The van der Waals surface area contributed by atoms with Gasteiger partial charge in [0.05, 0.1) is 0 Å². The molecule has 4 heterocycles. The number of hydrogen-bond donors (Lipinski definition) is 3. The SMILES string of the molecule is C[C@@H]1CCCN1CCc1cc2cc(-c3cccnc3)ccc2[nH]1.OB(O)c1cccnc1. The van der Waals surface area contributed by atoms with E-state index in [4.69, 9.17) is 10.0 Å². The van der Waals surface area contributed by atoms with Gasteiger partial charge in [-0.15, -0.1) is 0 Å². The number of aromatic amines is 1. The maximum Gasteiger partial charge on any atom is 0.490 e. The van der Waals surface area contributed by atoms with Crippen LogP contribution in [0.4, 0.5) is 0 Å². The molecule has 4 aromatic rings. The van der Waals surface area contributed by atoms with E-state index in [-0.39, 0.29) is 0 Å². The Morgan fingerprint density at radius 1 is 1.03 bits per heavy atom. The summed E-state index contributed by atoms with van der Waals surface area (Å²) in [6, 6.07) is 17.0. The predicted octanol–water partition coefficient (Wildman–Crippen LogP) is 3.02. The highest BCUT2D eigenvalue weighted by atomic mass is 16.4.